The molecule has 0 saturated carbocycles. The van der Waals surface area contributed by atoms with Gasteiger partial charge in [-0.3, -0.25) is 0 Å². The normalized spacial score (nSPS) is 15.1. The van der Waals surface area contributed by atoms with Crippen LogP contribution in [0.15, 0.2) is 24.3 Å². The van der Waals surface area contributed by atoms with E-state index in [-0.39, 0.29) is 0 Å². The van der Waals surface area contributed by atoms with Crippen LogP contribution in [0.3, 0.4) is 0 Å². The molecule has 0 radical (unpaired) electrons. The fourth-order valence-corrected chi connectivity index (χ4v) is 1.32. The minimum absolute atomic E-state index is 0.338. The number of nitrogens with two attached hydrogens (primary N) is 2. The molecule has 2 unspecified atom stereocenters. The summed E-state index contributed by atoms with van der Waals surface area (Å²) in [5.41, 5.74) is 12.0. The van der Waals surface area contributed by atoms with Gasteiger partial charge in [0.25, 0.3) is 0 Å². The van der Waals surface area contributed by atoms with Crippen LogP contribution in [0.25, 0.3) is 0 Å². The maximum atomic E-state index is 9.72. The summed E-state index contributed by atoms with van der Waals surface area (Å²) < 4.78 is 0. The van der Waals surface area contributed by atoms with E-state index in [9.17, 15) is 10.2 Å². The third-order valence-corrected chi connectivity index (χ3v) is 2.14. The largest absolute Gasteiger partial charge is 0.398 e. The minimum atomic E-state index is -0.959. The van der Waals surface area contributed by atoms with Crippen LogP contribution in [0.5, 0.6) is 0 Å². The second-order valence-electron chi connectivity index (χ2n) is 3.22. The van der Waals surface area contributed by atoms with Crippen molar-refractivity contribution in [2.24, 2.45) is 5.73 Å². The molecule has 14 heavy (non-hydrogen) atoms. The smallest absolute Gasteiger partial charge is 0.107 e. The molecule has 0 spiro atoms. The fraction of sp³-hybridized carbons (Fsp3) is 0.400. The molecule has 0 saturated heterocycles. The number of hydrogen-bond acceptors (Lipinski definition) is 4. The Balaban J connectivity index is 2.78. The lowest BCUT2D eigenvalue weighted by atomic mass is 10.0. The zero-order valence-corrected chi connectivity index (χ0v) is 7.93. The summed E-state index contributed by atoms with van der Waals surface area (Å²) in [7, 11) is 0. The lowest BCUT2D eigenvalue weighted by Crippen LogP contribution is -2.22. The molecule has 0 aliphatic heterocycles. The minimum Gasteiger partial charge on any atom is -0.398 e. The molecule has 2 atom stereocenters. The maximum absolute atomic E-state index is 9.72. The Bertz CT molecular complexity index is 291. The number of nitrogen functional groups attached to an aromatic ring is 1. The monoisotopic (exact) mass is 196 g/mol. The standard InChI is InChI=1S/C10H16N2O2/c11-6-5-9(13)10(14)7-3-1-2-4-8(7)12/h1-4,9-10,13-14H,5-6,11-12H2. The molecule has 0 fully saturated rings. The van der Waals surface area contributed by atoms with Crippen LogP contribution >= 0.6 is 0 Å². The first-order valence-corrected chi connectivity index (χ1v) is 4.57. The first-order chi connectivity index (χ1) is 6.66. The van der Waals surface area contributed by atoms with E-state index in [1.54, 1.807) is 24.3 Å². The van der Waals surface area contributed by atoms with Crippen molar-refractivity contribution in [3.63, 3.8) is 0 Å². The van der Waals surface area contributed by atoms with E-state index in [0.717, 1.165) is 0 Å². The molecule has 0 heterocycles. The van der Waals surface area contributed by atoms with Crippen molar-refractivity contribution >= 4 is 5.69 Å². The van der Waals surface area contributed by atoms with Crippen LogP contribution < -0.4 is 11.5 Å². The van der Waals surface area contributed by atoms with Gasteiger partial charge in [-0.25, -0.2) is 0 Å². The van der Waals surface area contributed by atoms with Gasteiger partial charge in [0.15, 0.2) is 0 Å². The summed E-state index contributed by atoms with van der Waals surface area (Å²) in [5.74, 6) is 0. The van der Waals surface area contributed by atoms with Crippen molar-refractivity contribution in [1.82, 2.24) is 0 Å². The summed E-state index contributed by atoms with van der Waals surface area (Å²) in [6.45, 7) is 0.338. The molecule has 1 aromatic rings. The molecule has 0 bridgehead atoms. The summed E-state index contributed by atoms with van der Waals surface area (Å²) in [6, 6.07) is 6.93. The van der Waals surface area contributed by atoms with Crippen molar-refractivity contribution in [3.8, 4) is 0 Å². The first kappa shape index (κ1) is 11.0. The second kappa shape index (κ2) is 4.95. The van der Waals surface area contributed by atoms with Crippen LogP contribution in [0.1, 0.15) is 18.1 Å². The predicted octanol–water partition coefficient (Wildman–Crippen LogP) is 0.0119. The molecule has 78 valence electrons. The van der Waals surface area contributed by atoms with E-state index in [0.29, 0.717) is 24.2 Å². The third kappa shape index (κ3) is 2.45. The highest BCUT2D eigenvalue weighted by Gasteiger charge is 2.18. The van der Waals surface area contributed by atoms with E-state index in [2.05, 4.69) is 0 Å². The molecule has 1 aromatic carbocycles. The number of aliphatic hydroxyl groups is 2. The van der Waals surface area contributed by atoms with Gasteiger partial charge < -0.3 is 21.7 Å². The maximum Gasteiger partial charge on any atom is 0.107 e. The van der Waals surface area contributed by atoms with Crippen molar-refractivity contribution in [2.75, 3.05) is 12.3 Å². The zero-order chi connectivity index (χ0) is 10.6. The van der Waals surface area contributed by atoms with E-state index in [1.807, 2.05) is 0 Å². The average Bonchev–Trinajstić information content (AvgIpc) is 2.18. The highest BCUT2D eigenvalue weighted by atomic mass is 16.3. The van der Waals surface area contributed by atoms with Gasteiger partial charge >= 0.3 is 0 Å². The number of rotatable bonds is 4. The number of hydrogen-bond donors (Lipinski definition) is 4. The Morgan fingerprint density at radius 2 is 1.86 bits per heavy atom. The molecule has 4 heteroatoms. The Hall–Kier alpha value is -1.10. The van der Waals surface area contributed by atoms with Crippen LogP contribution in [-0.4, -0.2) is 22.9 Å². The van der Waals surface area contributed by atoms with Crippen molar-refractivity contribution in [1.29, 1.82) is 0 Å². The highest BCUT2D eigenvalue weighted by Crippen LogP contribution is 2.23. The third-order valence-electron chi connectivity index (χ3n) is 2.14. The molecular weight excluding hydrogens is 180 g/mol. The summed E-state index contributed by atoms with van der Waals surface area (Å²) >= 11 is 0. The predicted molar refractivity (Wildman–Crippen MR) is 55.5 cm³/mol. The van der Waals surface area contributed by atoms with E-state index in [4.69, 9.17) is 11.5 Å². The van der Waals surface area contributed by atoms with Crippen molar-refractivity contribution in [3.05, 3.63) is 29.8 Å². The summed E-state index contributed by atoms with van der Waals surface area (Å²) in [6.07, 6.45) is -1.46. The Morgan fingerprint density at radius 1 is 1.21 bits per heavy atom. The Morgan fingerprint density at radius 3 is 2.43 bits per heavy atom. The number of benzene rings is 1. The van der Waals surface area contributed by atoms with Gasteiger partial charge in [-0.2, -0.15) is 0 Å². The van der Waals surface area contributed by atoms with Gasteiger partial charge in [0.05, 0.1) is 6.10 Å². The van der Waals surface area contributed by atoms with Gasteiger partial charge in [-0.15, -0.1) is 0 Å². The highest BCUT2D eigenvalue weighted by molar-refractivity contribution is 5.47. The summed E-state index contributed by atoms with van der Waals surface area (Å²) in [5, 5.41) is 19.2. The number of para-hydroxylation sites is 1. The van der Waals surface area contributed by atoms with Crippen molar-refractivity contribution < 1.29 is 10.2 Å². The topological polar surface area (TPSA) is 92.5 Å². The number of aliphatic hydroxyl groups excluding tert-OH is 2. The van der Waals surface area contributed by atoms with Gasteiger partial charge in [0.1, 0.15) is 6.10 Å². The van der Waals surface area contributed by atoms with Crippen LogP contribution in [0, 0.1) is 0 Å². The SMILES string of the molecule is NCCC(O)C(O)c1ccccc1N. The van der Waals surface area contributed by atoms with Crippen LogP contribution in [0.4, 0.5) is 5.69 Å². The fourth-order valence-electron chi connectivity index (χ4n) is 1.32. The van der Waals surface area contributed by atoms with Crippen LogP contribution in [-0.2, 0) is 0 Å². The van der Waals surface area contributed by atoms with Gasteiger partial charge in [-0.05, 0) is 19.0 Å². The van der Waals surface area contributed by atoms with E-state index >= 15 is 0 Å². The van der Waals surface area contributed by atoms with Gasteiger partial charge in [0.2, 0.25) is 0 Å². The Labute approximate surface area is 83.2 Å². The molecule has 6 N–H and O–H groups in total. The lowest BCUT2D eigenvalue weighted by molar-refractivity contribution is 0.0154. The van der Waals surface area contributed by atoms with E-state index < -0.39 is 12.2 Å². The average molecular weight is 196 g/mol. The first-order valence-electron chi connectivity index (χ1n) is 4.57. The lowest BCUT2D eigenvalue weighted by Gasteiger charge is -2.18. The molecule has 0 amide bonds. The summed E-state index contributed by atoms with van der Waals surface area (Å²) in [4.78, 5) is 0. The molecule has 4 nitrogen and oxygen atoms in total. The molecule has 0 aliphatic carbocycles. The Kier molecular flexibility index (Phi) is 3.88. The van der Waals surface area contributed by atoms with E-state index in [1.165, 1.54) is 0 Å². The molecule has 0 aliphatic rings. The zero-order valence-electron chi connectivity index (χ0n) is 7.93. The second-order valence-corrected chi connectivity index (χ2v) is 3.22. The van der Waals surface area contributed by atoms with Crippen LogP contribution in [0.2, 0.25) is 0 Å². The van der Waals surface area contributed by atoms with Gasteiger partial charge in [0, 0.05) is 11.3 Å². The van der Waals surface area contributed by atoms with Gasteiger partial charge in [-0.1, -0.05) is 18.2 Å². The molecule has 1 rings (SSSR count). The van der Waals surface area contributed by atoms with Crippen molar-refractivity contribution in [2.45, 2.75) is 18.6 Å². The quantitative estimate of drug-likeness (QED) is 0.510. The molecule has 0 aromatic heterocycles. The molecular formula is C10H16N2O2. The number of anilines is 1.